The molecule has 1 aromatic heterocycles. The van der Waals surface area contributed by atoms with Crippen molar-refractivity contribution in [3.63, 3.8) is 0 Å². The van der Waals surface area contributed by atoms with Crippen LogP contribution in [0.25, 0.3) is 0 Å². The van der Waals surface area contributed by atoms with Gasteiger partial charge < -0.3 is 10.4 Å². The number of benzene rings is 1. The first kappa shape index (κ1) is 12.5. The van der Waals surface area contributed by atoms with Crippen molar-refractivity contribution >= 4 is 27.5 Å². The van der Waals surface area contributed by atoms with Crippen molar-refractivity contribution in [2.75, 3.05) is 5.32 Å². The van der Waals surface area contributed by atoms with E-state index in [9.17, 15) is 9.18 Å². The van der Waals surface area contributed by atoms with Crippen LogP contribution >= 0.6 is 15.9 Å². The van der Waals surface area contributed by atoms with Crippen molar-refractivity contribution in [3.8, 4) is 5.75 Å². The largest absolute Gasteiger partial charge is 0.508 e. The molecular formula is C12H8BrFN2O2. The molecule has 18 heavy (non-hydrogen) atoms. The van der Waals surface area contributed by atoms with E-state index < -0.39 is 11.7 Å². The lowest BCUT2D eigenvalue weighted by atomic mass is 10.2. The summed E-state index contributed by atoms with van der Waals surface area (Å²) >= 11 is 3.18. The first-order chi connectivity index (χ1) is 8.58. The van der Waals surface area contributed by atoms with E-state index in [2.05, 4.69) is 26.2 Å². The molecule has 2 rings (SSSR count). The van der Waals surface area contributed by atoms with Crippen LogP contribution in [-0.4, -0.2) is 16.0 Å². The summed E-state index contributed by atoms with van der Waals surface area (Å²) in [6, 6.07) is 6.81. The summed E-state index contributed by atoms with van der Waals surface area (Å²) in [6.45, 7) is 0. The molecule has 4 nitrogen and oxygen atoms in total. The number of phenolic OH excluding ortho intramolecular Hbond substituents is 1. The van der Waals surface area contributed by atoms with Crippen molar-refractivity contribution in [2.45, 2.75) is 0 Å². The molecule has 6 heteroatoms. The molecule has 0 spiro atoms. The second-order valence-electron chi connectivity index (χ2n) is 3.45. The molecule has 0 aliphatic rings. The summed E-state index contributed by atoms with van der Waals surface area (Å²) in [7, 11) is 0. The van der Waals surface area contributed by atoms with Gasteiger partial charge in [0.05, 0.1) is 5.69 Å². The summed E-state index contributed by atoms with van der Waals surface area (Å²) in [5, 5.41) is 11.4. The quantitative estimate of drug-likeness (QED) is 0.838. The third kappa shape index (κ3) is 2.65. The topological polar surface area (TPSA) is 62.2 Å². The zero-order valence-corrected chi connectivity index (χ0v) is 10.6. The van der Waals surface area contributed by atoms with Gasteiger partial charge in [0, 0.05) is 16.7 Å². The van der Waals surface area contributed by atoms with Gasteiger partial charge in [-0.3, -0.25) is 4.79 Å². The van der Waals surface area contributed by atoms with Gasteiger partial charge >= 0.3 is 0 Å². The summed E-state index contributed by atoms with van der Waals surface area (Å²) in [5.41, 5.74) is 0.139. The Bertz CT molecular complexity index is 604. The van der Waals surface area contributed by atoms with Crippen LogP contribution in [0, 0.1) is 5.82 Å². The maximum Gasteiger partial charge on any atom is 0.275 e. The van der Waals surface area contributed by atoms with Crippen LogP contribution in [0.2, 0.25) is 0 Å². The highest BCUT2D eigenvalue weighted by atomic mass is 79.9. The van der Waals surface area contributed by atoms with E-state index in [1.165, 1.54) is 18.3 Å². The highest BCUT2D eigenvalue weighted by molar-refractivity contribution is 9.10. The number of nitrogens with one attached hydrogen (secondary N) is 1. The van der Waals surface area contributed by atoms with E-state index >= 15 is 0 Å². The number of carbonyl (C=O) groups excluding carboxylic acids is 1. The van der Waals surface area contributed by atoms with Crippen LogP contribution in [0.1, 0.15) is 10.5 Å². The molecule has 0 aliphatic carbocycles. The van der Waals surface area contributed by atoms with Crippen molar-refractivity contribution in [2.24, 2.45) is 0 Å². The Morgan fingerprint density at radius 3 is 2.83 bits per heavy atom. The number of aromatic hydroxyl groups is 1. The Kier molecular flexibility index (Phi) is 3.57. The summed E-state index contributed by atoms with van der Waals surface area (Å²) in [5.74, 6) is -1.45. The lowest BCUT2D eigenvalue weighted by Crippen LogP contribution is -2.15. The Morgan fingerprint density at radius 1 is 1.39 bits per heavy atom. The number of pyridine rings is 1. The van der Waals surface area contributed by atoms with Crippen LogP contribution in [0.3, 0.4) is 0 Å². The van der Waals surface area contributed by atoms with E-state index in [4.69, 9.17) is 5.11 Å². The first-order valence-corrected chi connectivity index (χ1v) is 5.77. The second kappa shape index (κ2) is 5.14. The number of hydrogen-bond donors (Lipinski definition) is 2. The number of hydrogen-bond acceptors (Lipinski definition) is 3. The first-order valence-electron chi connectivity index (χ1n) is 4.98. The van der Waals surface area contributed by atoms with Gasteiger partial charge in [-0.25, -0.2) is 9.37 Å². The number of aromatic nitrogens is 1. The molecule has 2 aromatic rings. The van der Waals surface area contributed by atoms with E-state index in [0.717, 1.165) is 6.07 Å². The van der Waals surface area contributed by atoms with Crippen LogP contribution in [0.15, 0.2) is 41.0 Å². The summed E-state index contributed by atoms with van der Waals surface area (Å²) in [4.78, 5) is 15.7. The average Bonchev–Trinajstić information content (AvgIpc) is 2.33. The standard InChI is InChI=1S/C12H8BrFN2O2/c13-8-2-1-5-15-11(8)12(18)16-10-4-3-7(17)6-9(10)14/h1-6,17H,(H,16,18). The van der Waals surface area contributed by atoms with E-state index in [1.54, 1.807) is 12.1 Å². The fraction of sp³-hybridized carbons (Fsp3) is 0. The molecular weight excluding hydrogens is 303 g/mol. The molecule has 1 amide bonds. The maximum absolute atomic E-state index is 13.4. The highest BCUT2D eigenvalue weighted by Gasteiger charge is 2.13. The second-order valence-corrected chi connectivity index (χ2v) is 4.31. The number of nitrogens with zero attached hydrogens (tertiary/aromatic N) is 1. The van der Waals surface area contributed by atoms with Gasteiger partial charge in [-0.15, -0.1) is 0 Å². The molecule has 1 heterocycles. The zero-order valence-electron chi connectivity index (χ0n) is 9.02. The Labute approximate surface area is 111 Å². The van der Waals surface area contributed by atoms with Gasteiger partial charge in [-0.05, 0) is 40.2 Å². The molecule has 92 valence electrons. The molecule has 0 saturated carbocycles. The fourth-order valence-corrected chi connectivity index (χ4v) is 1.77. The van der Waals surface area contributed by atoms with E-state index in [1.807, 2.05) is 0 Å². The predicted molar refractivity (Wildman–Crippen MR) is 68.0 cm³/mol. The normalized spacial score (nSPS) is 10.1. The number of rotatable bonds is 2. The molecule has 0 saturated heterocycles. The van der Waals surface area contributed by atoms with Gasteiger partial charge in [0.25, 0.3) is 5.91 Å². The molecule has 0 fully saturated rings. The molecule has 0 radical (unpaired) electrons. The maximum atomic E-state index is 13.4. The number of amides is 1. The summed E-state index contributed by atoms with van der Waals surface area (Å²) in [6.07, 6.45) is 1.47. The van der Waals surface area contributed by atoms with Crippen molar-refractivity contribution in [1.82, 2.24) is 4.98 Å². The minimum atomic E-state index is -0.713. The highest BCUT2D eigenvalue weighted by Crippen LogP contribution is 2.21. The van der Waals surface area contributed by atoms with Gasteiger partial charge in [0.15, 0.2) is 0 Å². The van der Waals surface area contributed by atoms with Gasteiger partial charge in [-0.2, -0.15) is 0 Å². The number of phenols is 1. The number of anilines is 1. The molecule has 0 bridgehead atoms. The van der Waals surface area contributed by atoms with Crippen LogP contribution < -0.4 is 5.32 Å². The SMILES string of the molecule is O=C(Nc1ccc(O)cc1F)c1ncccc1Br. The number of carbonyl (C=O) groups is 1. The smallest absolute Gasteiger partial charge is 0.275 e. The zero-order chi connectivity index (χ0) is 13.1. The predicted octanol–water partition coefficient (Wildman–Crippen LogP) is 2.94. The van der Waals surface area contributed by atoms with Crippen molar-refractivity contribution < 1.29 is 14.3 Å². The third-order valence-electron chi connectivity index (χ3n) is 2.17. The van der Waals surface area contributed by atoms with Crippen molar-refractivity contribution in [3.05, 3.63) is 52.5 Å². The molecule has 1 aromatic carbocycles. The van der Waals surface area contributed by atoms with E-state index in [0.29, 0.717) is 4.47 Å². The van der Waals surface area contributed by atoms with Crippen molar-refractivity contribution in [1.29, 1.82) is 0 Å². The van der Waals surface area contributed by atoms with Crippen LogP contribution in [0.5, 0.6) is 5.75 Å². The van der Waals surface area contributed by atoms with E-state index in [-0.39, 0.29) is 17.1 Å². The van der Waals surface area contributed by atoms with Gasteiger partial charge in [-0.1, -0.05) is 0 Å². The van der Waals surface area contributed by atoms with Crippen LogP contribution in [0.4, 0.5) is 10.1 Å². The molecule has 2 N–H and O–H groups in total. The lowest BCUT2D eigenvalue weighted by molar-refractivity contribution is 0.102. The van der Waals surface area contributed by atoms with Gasteiger partial charge in [0.2, 0.25) is 0 Å². The monoisotopic (exact) mass is 310 g/mol. The average molecular weight is 311 g/mol. The Morgan fingerprint density at radius 2 is 2.17 bits per heavy atom. The lowest BCUT2D eigenvalue weighted by Gasteiger charge is -2.07. The third-order valence-corrected chi connectivity index (χ3v) is 2.81. The fourth-order valence-electron chi connectivity index (χ4n) is 1.34. The molecule has 0 atom stereocenters. The van der Waals surface area contributed by atoms with Crippen LogP contribution in [-0.2, 0) is 0 Å². The molecule has 0 aliphatic heterocycles. The minimum Gasteiger partial charge on any atom is -0.508 e. The minimum absolute atomic E-state index is 0.0182. The Balaban J connectivity index is 2.24. The Hall–Kier alpha value is -1.95. The number of halogens is 2. The summed E-state index contributed by atoms with van der Waals surface area (Å²) < 4.78 is 13.9. The van der Waals surface area contributed by atoms with Gasteiger partial charge in [0.1, 0.15) is 17.3 Å². The molecule has 0 unspecified atom stereocenters.